The van der Waals surface area contributed by atoms with Gasteiger partial charge in [-0.3, -0.25) is 9.59 Å². The standard InChI is InChI=1S/C18H19N3O2/c1-21(2)11-5-9-19-18-15-14(8-10-20-18)16(22)12-6-3-4-7-13(12)17(15)23/h3-4,6-8,10H,5,9,11H2,1-2H3,(H,19,20). The van der Waals surface area contributed by atoms with E-state index in [1.165, 1.54) is 0 Å². The third kappa shape index (κ3) is 2.87. The SMILES string of the molecule is CN(C)CCCNc1nccc2c1C(=O)c1ccccc1C2=O. The Hall–Kier alpha value is -2.53. The van der Waals surface area contributed by atoms with E-state index in [1.807, 2.05) is 14.1 Å². The van der Waals surface area contributed by atoms with Crippen molar-refractivity contribution in [1.82, 2.24) is 9.88 Å². The molecule has 0 amide bonds. The number of rotatable bonds is 5. The Morgan fingerprint density at radius 3 is 2.39 bits per heavy atom. The number of carbonyl (C=O) groups excluding carboxylic acids is 2. The summed E-state index contributed by atoms with van der Waals surface area (Å²) in [5.74, 6) is 0.237. The molecule has 23 heavy (non-hydrogen) atoms. The van der Waals surface area contributed by atoms with Crippen LogP contribution in [-0.4, -0.2) is 48.6 Å². The number of fused-ring (bicyclic) bond motifs is 2. The van der Waals surface area contributed by atoms with Gasteiger partial charge in [0.1, 0.15) is 5.82 Å². The predicted molar refractivity (Wildman–Crippen MR) is 89.2 cm³/mol. The van der Waals surface area contributed by atoms with E-state index in [0.29, 0.717) is 34.6 Å². The van der Waals surface area contributed by atoms with Crippen molar-refractivity contribution in [2.75, 3.05) is 32.5 Å². The van der Waals surface area contributed by atoms with Crippen molar-refractivity contribution >= 4 is 17.4 Å². The average molecular weight is 309 g/mol. The Balaban J connectivity index is 1.91. The van der Waals surface area contributed by atoms with Gasteiger partial charge < -0.3 is 10.2 Å². The van der Waals surface area contributed by atoms with Crippen molar-refractivity contribution in [3.05, 3.63) is 58.8 Å². The van der Waals surface area contributed by atoms with Gasteiger partial charge in [-0.15, -0.1) is 0 Å². The minimum atomic E-state index is -0.140. The van der Waals surface area contributed by atoms with Crippen molar-refractivity contribution in [3.8, 4) is 0 Å². The van der Waals surface area contributed by atoms with Gasteiger partial charge in [-0.05, 0) is 33.1 Å². The van der Waals surface area contributed by atoms with Gasteiger partial charge in [0.2, 0.25) is 0 Å². The highest BCUT2D eigenvalue weighted by Crippen LogP contribution is 2.30. The maximum Gasteiger partial charge on any atom is 0.198 e. The average Bonchev–Trinajstić information content (AvgIpc) is 2.56. The molecule has 0 atom stereocenters. The first-order valence-electron chi connectivity index (χ1n) is 7.65. The number of benzene rings is 1. The maximum absolute atomic E-state index is 12.8. The summed E-state index contributed by atoms with van der Waals surface area (Å²) in [6.45, 7) is 1.64. The lowest BCUT2D eigenvalue weighted by atomic mass is 9.84. The van der Waals surface area contributed by atoms with E-state index in [1.54, 1.807) is 36.5 Å². The summed E-state index contributed by atoms with van der Waals surface area (Å²) in [7, 11) is 4.03. The van der Waals surface area contributed by atoms with Crippen molar-refractivity contribution in [3.63, 3.8) is 0 Å². The van der Waals surface area contributed by atoms with E-state index in [9.17, 15) is 9.59 Å². The molecule has 1 heterocycles. The van der Waals surface area contributed by atoms with Crippen LogP contribution < -0.4 is 5.32 Å². The summed E-state index contributed by atoms with van der Waals surface area (Å²) in [5, 5.41) is 3.20. The fourth-order valence-corrected chi connectivity index (χ4v) is 2.78. The third-order valence-corrected chi connectivity index (χ3v) is 3.91. The molecule has 0 spiro atoms. The number of carbonyl (C=O) groups is 2. The smallest absolute Gasteiger partial charge is 0.198 e. The maximum atomic E-state index is 12.8. The highest BCUT2D eigenvalue weighted by atomic mass is 16.1. The van der Waals surface area contributed by atoms with Gasteiger partial charge in [0, 0.05) is 29.4 Å². The molecule has 1 aliphatic rings. The fourth-order valence-electron chi connectivity index (χ4n) is 2.78. The largest absolute Gasteiger partial charge is 0.369 e. The van der Waals surface area contributed by atoms with E-state index >= 15 is 0 Å². The lowest BCUT2D eigenvalue weighted by Gasteiger charge is -2.20. The Kier molecular flexibility index (Phi) is 4.21. The lowest BCUT2D eigenvalue weighted by molar-refractivity contribution is 0.0979. The Bertz CT molecular complexity index is 769. The number of pyridine rings is 1. The van der Waals surface area contributed by atoms with Crippen molar-refractivity contribution in [1.29, 1.82) is 0 Å². The number of aromatic nitrogens is 1. The van der Waals surface area contributed by atoms with Crippen LogP contribution in [0.15, 0.2) is 36.5 Å². The number of hydrogen-bond acceptors (Lipinski definition) is 5. The van der Waals surface area contributed by atoms with Crippen LogP contribution in [0.1, 0.15) is 38.3 Å². The van der Waals surface area contributed by atoms with Crippen LogP contribution in [0, 0.1) is 0 Å². The Morgan fingerprint density at radius 2 is 1.70 bits per heavy atom. The second-order valence-corrected chi connectivity index (χ2v) is 5.87. The van der Waals surface area contributed by atoms with Crippen LogP contribution in [-0.2, 0) is 0 Å². The quantitative estimate of drug-likeness (QED) is 0.732. The predicted octanol–water partition coefficient (Wildman–Crippen LogP) is 2.22. The molecule has 2 aromatic rings. The molecule has 0 bridgehead atoms. The number of ketones is 2. The molecule has 3 rings (SSSR count). The lowest BCUT2D eigenvalue weighted by Crippen LogP contribution is -2.24. The normalized spacial score (nSPS) is 13.0. The minimum Gasteiger partial charge on any atom is -0.369 e. The summed E-state index contributed by atoms with van der Waals surface area (Å²) in [5.41, 5.74) is 1.74. The number of nitrogens with one attached hydrogen (secondary N) is 1. The number of hydrogen-bond donors (Lipinski definition) is 1. The van der Waals surface area contributed by atoms with Crippen LogP contribution >= 0.6 is 0 Å². The summed E-state index contributed by atoms with van der Waals surface area (Å²) >= 11 is 0. The molecule has 1 aromatic carbocycles. The van der Waals surface area contributed by atoms with Gasteiger partial charge >= 0.3 is 0 Å². The van der Waals surface area contributed by atoms with Gasteiger partial charge in [-0.2, -0.15) is 0 Å². The van der Waals surface area contributed by atoms with Crippen molar-refractivity contribution in [2.45, 2.75) is 6.42 Å². The summed E-state index contributed by atoms with van der Waals surface area (Å²) in [6.07, 6.45) is 2.50. The second-order valence-electron chi connectivity index (χ2n) is 5.87. The molecule has 5 heteroatoms. The zero-order chi connectivity index (χ0) is 16.4. The van der Waals surface area contributed by atoms with Gasteiger partial charge in [0.25, 0.3) is 0 Å². The molecule has 5 nitrogen and oxygen atoms in total. The van der Waals surface area contributed by atoms with E-state index < -0.39 is 0 Å². The van der Waals surface area contributed by atoms with E-state index in [0.717, 1.165) is 13.0 Å². The second kappa shape index (κ2) is 6.30. The number of anilines is 1. The molecule has 1 aliphatic carbocycles. The van der Waals surface area contributed by atoms with Crippen molar-refractivity contribution in [2.24, 2.45) is 0 Å². The van der Waals surface area contributed by atoms with Crippen LogP contribution in [0.25, 0.3) is 0 Å². The van der Waals surface area contributed by atoms with Crippen molar-refractivity contribution < 1.29 is 9.59 Å². The first-order valence-corrected chi connectivity index (χ1v) is 7.65. The van der Waals surface area contributed by atoms with Crippen LogP contribution in [0.2, 0.25) is 0 Å². The number of nitrogens with zero attached hydrogens (tertiary/aromatic N) is 2. The fraction of sp³-hybridized carbons (Fsp3) is 0.278. The zero-order valence-electron chi connectivity index (χ0n) is 13.3. The van der Waals surface area contributed by atoms with Gasteiger partial charge in [0.05, 0.1) is 5.56 Å². The molecule has 1 aromatic heterocycles. The van der Waals surface area contributed by atoms with Crippen LogP contribution in [0.4, 0.5) is 5.82 Å². The van der Waals surface area contributed by atoms with E-state index in [-0.39, 0.29) is 11.6 Å². The first kappa shape index (κ1) is 15.4. The van der Waals surface area contributed by atoms with Gasteiger partial charge in [0.15, 0.2) is 11.6 Å². The van der Waals surface area contributed by atoms with Crippen LogP contribution in [0.3, 0.4) is 0 Å². The minimum absolute atomic E-state index is 0.117. The zero-order valence-corrected chi connectivity index (χ0v) is 13.3. The monoisotopic (exact) mass is 309 g/mol. The molecule has 0 saturated carbocycles. The molecule has 0 radical (unpaired) electrons. The van der Waals surface area contributed by atoms with Crippen LogP contribution in [0.5, 0.6) is 0 Å². The molecule has 0 saturated heterocycles. The molecule has 118 valence electrons. The summed E-state index contributed by atoms with van der Waals surface area (Å²) in [4.78, 5) is 31.8. The third-order valence-electron chi connectivity index (χ3n) is 3.91. The Morgan fingerprint density at radius 1 is 1.00 bits per heavy atom. The van der Waals surface area contributed by atoms with Gasteiger partial charge in [-0.1, -0.05) is 24.3 Å². The molecule has 0 aliphatic heterocycles. The molecule has 1 N–H and O–H groups in total. The summed E-state index contributed by atoms with van der Waals surface area (Å²) in [6, 6.07) is 8.56. The van der Waals surface area contributed by atoms with Gasteiger partial charge in [-0.25, -0.2) is 4.98 Å². The molecule has 0 fully saturated rings. The summed E-state index contributed by atoms with van der Waals surface area (Å²) < 4.78 is 0. The van der Waals surface area contributed by atoms with E-state index in [2.05, 4.69) is 15.2 Å². The molecular weight excluding hydrogens is 290 g/mol. The highest BCUT2D eigenvalue weighted by molar-refractivity contribution is 6.29. The van der Waals surface area contributed by atoms with E-state index in [4.69, 9.17) is 0 Å². The molecular formula is C18H19N3O2. The highest BCUT2D eigenvalue weighted by Gasteiger charge is 2.31. The topological polar surface area (TPSA) is 62.3 Å². The molecule has 0 unspecified atom stereocenters. The first-order chi connectivity index (χ1) is 11.1. The Labute approximate surface area is 135 Å².